The topological polar surface area (TPSA) is 81.2 Å². The number of amides is 1. The van der Waals surface area contributed by atoms with E-state index in [2.05, 4.69) is 15.3 Å². The number of para-hydroxylation sites is 1. The molecule has 2 aromatic heterocycles. The van der Waals surface area contributed by atoms with Crippen molar-refractivity contribution in [3.8, 4) is 10.6 Å². The van der Waals surface area contributed by atoms with Crippen molar-refractivity contribution < 1.29 is 14.3 Å². The first-order valence-corrected chi connectivity index (χ1v) is 9.34. The quantitative estimate of drug-likeness (QED) is 0.519. The van der Waals surface area contributed by atoms with E-state index >= 15 is 0 Å². The molecule has 6 nitrogen and oxygen atoms in total. The SMILES string of the molecule is O=C(COC(=O)c1ccccc1-c1nc2ccccc2s1)Nc1ccncc1. The second-order valence-corrected chi connectivity index (χ2v) is 6.92. The largest absolute Gasteiger partial charge is 0.452 e. The Bertz CT molecular complexity index is 1110. The van der Waals surface area contributed by atoms with Crippen LogP contribution in [0, 0.1) is 0 Å². The molecule has 7 heteroatoms. The van der Waals surface area contributed by atoms with Crippen LogP contribution in [-0.2, 0) is 9.53 Å². The summed E-state index contributed by atoms with van der Waals surface area (Å²) in [5, 5.41) is 3.38. The van der Waals surface area contributed by atoms with Gasteiger partial charge in [0.15, 0.2) is 6.61 Å². The smallest absolute Gasteiger partial charge is 0.339 e. The number of hydrogen-bond acceptors (Lipinski definition) is 6. The Kier molecular flexibility index (Phi) is 5.07. The summed E-state index contributed by atoms with van der Waals surface area (Å²) in [6.07, 6.45) is 3.13. The van der Waals surface area contributed by atoms with Gasteiger partial charge in [-0.15, -0.1) is 11.3 Å². The van der Waals surface area contributed by atoms with Crippen LogP contribution >= 0.6 is 11.3 Å². The maximum atomic E-state index is 12.6. The van der Waals surface area contributed by atoms with Crippen LogP contribution in [0.15, 0.2) is 73.1 Å². The summed E-state index contributed by atoms with van der Waals surface area (Å²) in [6.45, 7) is -0.380. The number of rotatable bonds is 5. The molecule has 138 valence electrons. The van der Waals surface area contributed by atoms with Gasteiger partial charge in [-0.25, -0.2) is 9.78 Å². The van der Waals surface area contributed by atoms with E-state index in [1.807, 2.05) is 36.4 Å². The molecule has 0 aliphatic rings. The Morgan fingerprint density at radius 2 is 1.71 bits per heavy atom. The van der Waals surface area contributed by atoms with E-state index in [4.69, 9.17) is 4.74 Å². The molecule has 0 saturated carbocycles. The van der Waals surface area contributed by atoms with Crippen molar-refractivity contribution in [1.29, 1.82) is 0 Å². The van der Waals surface area contributed by atoms with Crippen molar-refractivity contribution in [2.45, 2.75) is 0 Å². The predicted molar refractivity (Wildman–Crippen MR) is 108 cm³/mol. The molecule has 2 heterocycles. The molecule has 28 heavy (non-hydrogen) atoms. The minimum atomic E-state index is -0.570. The monoisotopic (exact) mass is 389 g/mol. The number of esters is 1. The van der Waals surface area contributed by atoms with Crippen LogP contribution in [0.25, 0.3) is 20.8 Å². The second kappa shape index (κ2) is 7.98. The number of benzene rings is 2. The van der Waals surface area contributed by atoms with E-state index in [0.29, 0.717) is 16.8 Å². The number of nitrogens with one attached hydrogen (secondary N) is 1. The highest BCUT2D eigenvalue weighted by molar-refractivity contribution is 7.21. The first-order chi connectivity index (χ1) is 13.7. The van der Waals surface area contributed by atoms with Gasteiger partial charge in [-0.05, 0) is 30.3 Å². The molecular weight excluding hydrogens is 374 g/mol. The van der Waals surface area contributed by atoms with Gasteiger partial charge in [-0.2, -0.15) is 0 Å². The fraction of sp³-hybridized carbons (Fsp3) is 0.0476. The predicted octanol–water partition coefficient (Wildman–Crippen LogP) is 4.15. The van der Waals surface area contributed by atoms with Crippen molar-refractivity contribution in [3.63, 3.8) is 0 Å². The van der Waals surface area contributed by atoms with Gasteiger partial charge in [0.2, 0.25) is 0 Å². The molecule has 1 amide bonds. The van der Waals surface area contributed by atoms with Crippen molar-refractivity contribution in [1.82, 2.24) is 9.97 Å². The van der Waals surface area contributed by atoms with Gasteiger partial charge in [0.1, 0.15) is 5.01 Å². The molecule has 1 N–H and O–H groups in total. The first kappa shape index (κ1) is 17.8. The van der Waals surface area contributed by atoms with Gasteiger partial charge < -0.3 is 10.1 Å². The third-order valence-electron chi connectivity index (χ3n) is 3.97. The van der Waals surface area contributed by atoms with Crippen LogP contribution in [0.4, 0.5) is 5.69 Å². The maximum Gasteiger partial charge on any atom is 0.339 e. The lowest BCUT2D eigenvalue weighted by atomic mass is 10.1. The Balaban J connectivity index is 1.50. The molecule has 0 spiro atoms. The summed E-state index contributed by atoms with van der Waals surface area (Å²) < 4.78 is 6.25. The summed E-state index contributed by atoms with van der Waals surface area (Å²) in [7, 11) is 0. The minimum absolute atomic E-state index is 0.373. The van der Waals surface area contributed by atoms with Crippen molar-refractivity contribution in [2.24, 2.45) is 0 Å². The zero-order valence-electron chi connectivity index (χ0n) is 14.7. The summed E-state index contributed by atoms with van der Waals surface area (Å²) in [5.41, 5.74) is 2.52. The van der Waals surface area contributed by atoms with Gasteiger partial charge in [0.05, 0.1) is 15.8 Å². The van der Waals surface area contributed by atoms with E-state index in [1.165, 1.54) is 11.3 Å². The van der Waals surface area contributed by atoms with Crippen LogP contribution in [0.5, 0.6) is 0 Å². The lowest BCUT2D eigenvalue weighted by molar-refractivity contribution is -0.119. The number of thiazole rings is 1. The number of ether oxygens (including phenoxy) is 1. The maximum absolute atomic E-state index is 12.6. The number of aromatic nitrogens is 2. The molecule has 0 bridgehead atoms. The molecule has 0 aliphatic heterocycles. The molecule has 0 radical (unpaired) electrons. The summed E-state index contributed by atoms with van der Waals surface area (Å²) >= 11 is 1.50. The van der Waals surface area contributed by atoms with Crippen LogP contribution in [0.3, 0.4) is 0 Å². The number of fused-ring (bicyclic) bond motifs is 1. The van der Waals surface area contributed by atoms with E-state index in [1.54, 1.807) is 36.7 Å². The zero-order chi connectivity index (χ0) is 19.3. The molecule has 0 atom stereocenters. The van der Waals surface area contributed by atoms with Crippen LogP contribution < -0.4 is 5.32 Å². The van der Waals surface area contributed by atoms with E-state index in [9.17, 15) is 9.59 Å². The molecule has 0 fully saturated rings. The molecule has 0 aliphatic carbocycles. The van der Waals surface area contributed by atoms with Gasteiger partial charge in [0.25, 0.3) is 5.91 Å². The summed E-state index contributed by atoms with van der Waals surface area (Å²) in [5.74, 6) is -0.989. The molecule has 2 aromatic carbocycles. The summed E-state index contributed by atoms with van der Waals surface area (Å²) in [6, 6.07) is 18.2. The van der Waals surface area contributed by atoms with Gasteiger partial charge in [-0.3, -0.25) is 9.78 Å². The van der Waals surface area contributed by atoms with Gasteiger partial charge in [0, 0.05) is 23.6 Å². The Hall–Kier alpha value is -3.58. The Morgan fingerprint density at radius 3 is 2.54 bits per heavy atom. The normalized spacial score (nSPS) is 10.6. The van der Waals surface area contributed by atoms with Crippen molar-refractivity contribution in [2.75, 3.05) is 11.9 Å². The Morgan fingerprint density at radius 1 is 0.964 bits per heavy atom. The lowest BCUT2D eigenvalue weighted by Crippen LogP contribution is -2.21. The number of carbonyl (C=O) groups excluding carboxylic acids is 2. The number of nitrogens with zero attached hydrogens (tertiary/aromatic N) is 2. The number of hydrogen-bond donors (Lipinski definition) is 1. The number of carbonyl (C=O) groups is 2. The molecule has 0 unspecified atom stereocenters. The fourth-order valence-electron chi connectivity index (χ4n) is 2.68. The van der Waals surface area contributed by atoms with Crippen molar-refractivity contribution >= 4 is 39.1 Å². The molecule has 4 rings (SSSR count). The number of anilines is 1. The average Bonchev–Trinajstić information content (AvgIpc) is 3.17. The first-order valence-electron chi connectivity index (χ1n) is 8.53. The second-order valence-electron chi connectivity index (χ2n) is 5.89. The molecular formula is C21H15N3O3S. The average molecular weight is 389 g/mol. The highest BCUT2D eigenvalue weighted by Crippen LogP contribution is 2.32. The van der Waals surface area contributed by atoms with Gasteiger partial charge >= 0.3 is 5.97 Å². The molecule has 0 saturated heterocycles. The number of pyridine rings is 1. The van der Waals surface area contributed by atoms with E-state index < -0.39 is 11.9 Å². The molecule has 4 aromatic rings. The Labute approximate surface area is 164 Å². The lowest BCUT2D eigenvalue weighted by Gasteiger charge is -2.08. The van der Waals surface area contributed by atoms with E-state index in [0.717, 1.165) is 15.2 Å². The third kappa shape index (κ3) is 3.89. The standard InChI is InChI=1S/C21H15N3O3S/c25-19(23-14-9-11-22-12-10-14)13-27-21(26)16-6-2-1-5-15(16)20-24-17-7-3-4-8-18(17)28-20/h1-12H,13H2,(H,22,23,25). The highest BCUT2D eigenvalue weighted by atomic mass is 32.1. The van der Waals surface area contributed by atoms with Crippen molar-refractivity contribution in [3.05, 3.63) is 78.6 Å². The third-order valence-corrected chi connectivity index (χ3v) is 5.04. The van der Waals surface area contributed by atoms with E-state index in [-0.39, 0.29) is 6.61 Å². The fourth-order valence-corrected chi connectivity index (χ4v) is 3.68. The van der Waals surface area contributed by atoms with Crippen LogP contribution in [-0.4, -0.2) is 28.5 Å². The zero-order valence-corrected chi connectivity index (χ0v) is 15.5. The summed E-state index contributed by atoms with van der Waals surface area (Å²) in [4.78, 5) is 33.1. The van der Waals surface area contributed by atoms with Crippen LogP contribution in [0.1, 0.15) is 10.4 Å². The van der Waals surface area contributed by atoms with Crippen LogP contribution in [0.2, 0.25) is 0 Å². The highest BCUT2D eigenvalue weighted by Gasteiger charge is 2.17. The minimum Gasteiger partial charge on any atom is -0.452 e. The van der Waals surface area contributed by atoms with Gasteiger partial charge in [-0.1, -0.05) is 30.3 Å².